The number of nitrogens with two attached hydrogens (primary N) is 1. The fraction of sp³-hybridized carbons (Fsp3) is 0.571. The lowest BCUT2D eigenvalue weighted by molar-refractivity contribution is -0.143. The van der Waals surface area contributed by atoms with Gasteiger partial charge in [0.25, 0.3) is 0 Å². The third kappa shape index (κ3) is 5.59. The van der Waals surface area contributed by atoms with E-state index in [1.165, 1.54) is 0 Å². The number of carbonyl (C=O) groups excluding carboxylic acids is 1. The van der Waals surface area contributed by atoms with Crippen molar-refractivity contribution in [3.05, 3.63) is 18.5 Å². The molecule has 0 radical (unpaired) electrons. The highest BCUT2D eigenvalue weighted by molar-refractivity contribution is 5.69. The van der Waals surface area contributed by atoms with Crippen LogP contribution in [0.1, 0.15) is 32.6 Å². The minimum atomic E-state index is -0.103. The minimum Gasteiger partial charge on any atom is -0.466 e. The van der Waals surface area contributed by atoms with Crippen LogP contribution in [0.15, 0.2) is 18.5 Å². The molecule has 1 aromatic heterocycles. The number of ether oxygens (including phenoxy) is 1. The summed E-state index contributed by atoms with van der Waals surface area (Å²) in [5, 5.41) is 0. The summed E-state index contributed by atoms with van der Waals surface area (Å²) in [7, 11) is 2.01. The number of carbonyl (C=O) groups is 1. The Bertz CT molecular complexity index is 396. The maximum absolute atomic E-state index is 11.2. The number of nitrogens with zero attached hydrogens (tertiary/aromatic N) is 2. The average molecular weight is 265 g/mol. The van der Waals surface area contributed by atoms with Gasteiger partial charge >= 0.3 is 5.97 Å². The minimum absolute atomic E-state index is 0.103. The van der Waals surface area contributed by atoms with Crippen LogP contribution in [-0.2, 0) is 9.53 Å². The van der Waals surface area contributed by atoms with Crippen molar-refractivity contribution in [3.8, 4) is 0 Å². The van der Waals surface area contributed by atoms with Crippen molar-refractivity contribution >= 4 is 17.3 Å². The van der Waals surface area contributed by atoms with Gasteiger partial charge in [0.1, 0.15) is 0 Å². The number of aromatic nitrogens is 1. The Kier molecular flexibility index (Phi) is 6.71. The lowest BCUT2D eigenvalue weighted by atomic mass is 10.2. The van der Waals surface area contributed by atoms with E-state index in [4.69, 9.17) is 10.5 Å². The molecule has 0 saturated carbocycles. The van der Waals surface area contributed by atoms with E-state index in [1.807, 2.05) is 20.0 Å². The Morgan fingerprint density at radius 1 is 1.42 bits per heavy atom. The van der Waals surface area contributed by atoms with Gasteiger partial charge in [0.2, 0.25) is 0 Å². The van der Waals surface area contributed by atoms with E-state index < -0.39 is 0 Å². The third-order valence-electron chi connectivity index (χ3n) is 2.92. The molecule has 0 spiro atoms. The fourth-order valence-electron chi connectivity index (χ4n) is 1.90. The average Bonchev–Trinajstić information content (AvgIpc) is 2.39. The van der Waals surface area contributed by atoms with Crippen LogP contribution in [-0.4, -0.2) is 31.2 Å². The molecule has 0 aliphatic rings. The SMILES string of the molecule is CCOC(=O)CCCCCN(C)c1ccncc1N. The van der Waals surface area contributed by atoms with E-state index in [1.54, 1.807) is 12.4 Å². The molecule has 0 amide bonds. The molecular weight excluding hydrogens is 242 g/mol. The van der Waals surface area contributed by atoms with Crippen molar-refractivity contribution in [1.82, 2.24) is 4.98 Å². The van der Waals surface area contributed by atoms with Crippen LogP contribution in [0.4, 0.5) is 11.4 Å². The molecule has 0 aliphatic heterocycles. The maximum atomic E-state index is 11.2. The van der Waals surface area contributed by atoms with Crippen molar-refractivity contribution in [3.63, 3.8) is 0 Å². The monoisotopic (exact) mass is 265 g/mol. The molecule has 19 heavy (non-hydrogen) atoms. The molecule has 0 atom stereocenters. The standard InChI is InChI=1S/C14H23N3O2/c1-3-19-14(18)7-5-4-6-10-17(2)13-8-9-16-11-12(13)15/h8-9,11H,3-7,10,15H2,1-2H3. The maximum Gasteiger partial charge on any atom is 0.305 e. The van der Waals surface area contributed by atoms with Crippen LogP contribution in [0, 0.1) is 0 Å². The number of hydrogen-bond acceptors (Lipinski definition) is 5. The van der Waals surface area contributed by atoms with Gasteiger partial charge in [0.05, 0.1) is 24.2 Å². The number of rotatable bonds is 8. The Morgan fingerprint density at radius 2 is 2.21 bits per heavy atom. The Hall–Kier alpha value is -1.78. The Labute approximate surface area is 114 Å². The van der Waals surface area contributed by atoms with Crippen LogP contribution >= 0.6 is 0 Å². The van der Waals surface area contributed by atoms with Gasteiger partial charge in [0.15, 0.2) is 0 Å². The second-order valence-electron chi connectivity index (χ2n) is 4.47. The summed E-state index contributed by atoms with van der Waals surface area (Å²) in [5.74, 6) is -0.103. The number of pyridine rings is 1. The van der Waals surface area contributed by atoms with Crippen LogP contribution in [0.3, 0.4) is 0 Å². The smallest absolute Gasteiger partial charge is 0.305 e. The predicted octanol–water partition coefficient (Wildman–Crippen LogP) is 2.22. The number of unbranched alkanes of at least 4 members (excludes halogenated alkanes) is 2. The second-order valence-corrected chi connectivity index (χ2v) is 4.47. The molecule has 0 saturated heterocycles. The van der Waals surface area contributed by atoms with E-state index in [2.05, 4.69) is 9.88 Å². The van der Waals surface area contributed by atoms with E-state index in [0.717, 1.165) is 31.5 Å². The van der Waals surface area contributed by atoms with E-state index >= 15 is 0 Å². The van der Waals surface area contributed by atoms with Gasteiger partial charge in [-0.1, -0.05) is 6.42 Å². The van der Waals surface area contributed by atoms with Crippen LogP contribution < -0.4 is 10.6 Å². The summed E-state index contributed by atoms with van der Waals surface area (Å²) in [4.78, 5) is 17.2. The highest BCUT2D eigenvalue weighted by atomic mass is 16.5. The molecule has 2 N–H and O–H groups in total. The van der Waals surface area contributed by atoms with Gasteiger partial charge in [-0.15, -0.1) is 0 Å². The zero-order valence-electron chi connectivity index (χ0n) is 11.8. The molecule has 106 valence electrons. The molecule has 1 aromatic rings. The summed E-state index contributed by atoms with van der Waals surface area (Å²) in [6.45, 7) is 3.20. The number of hydrogen-bond donors (Lipinski definition) is 1. The molecule has 0 aromatic carbocycles. The number of anilines is 2. The quantitative estimate of drug-likeness (QED) is 0.576. The van der Waals surface area contributed by atoms with Crippen LogP contribution in [0.2, 0.25) is 0 Å². The van der Waals surface area contributed by atoms with Crippen LogP contribution in [0.5, 0.6) is 0 Å². The normalized spacial score (nSPS) is 10.2. The molecule has 0 aliphatic carbocycles. The topological polar surface area (TPSA) is 68.5 Å². The van der Waals surface area contributed by atoms with Crippen molar-refractivity contribution in [2.24, 2.45) is 0 Å². The first-order valence-corrected chi connectivity index (χ1v) is 6.71. The zero-order chi connectivity index (χ0) is 14.1. The molecular formula is C14H23N3O2. The fourth-order valence-corrected chi connectivity index (χ4v) is 1.90. The number of nitrogen functional groups attached to an aromatic ring is 1. The van der Waals surface area contributed by atoms with Gasteiger partial charge in [-0.3, -0.25) is 9.78 Å². The predicted molar refractivity (Wildman–Crippen MR) is 77.0 cm³/mol. The van der Waals surface area contributed by atoms with Crippen molar-refractivity contribution in [2.45, 2.75) is 32.6 Å². The highest BCUT2D eigenvalue weighted by Gasteiger charge is 2.05. The van der Waals surface area contributed by atoms with Crippen molar-refractivity contribution in [1.29, 1.82) is 0 Å². The third-order valence-corrected chi connectivity index (χ3v) is 2.92. The summed E-state index contributed by atoms with van der Waals surface area (Å²) in [5.41, 5.74) is 7.55. The zero-order valence-corrected chi connectivity index (χ0v) is 11.8. The first-order chi connectivity index (χ1) is 9.15. The summed E-state index contributed by atoms with van der Waals surface area (Å²) in [6.07, 6.45) is 6.81. The summed E-state index contributed by atoms with van der Waals surface area (Å²) < 4.78 is 4.88. The molecule has 0 fully saturated rings. The molecule has 1 heterocycles. The van der Waals surface area contributed by atoms with Crippen molar-refractivity contribution < 1.29 is 9.53 Å². The van der Waals surface area contributed by atoms with Crippen LogP contribution in [0.25, 0.3) is 0 Å². The molecule has 0 bridgehead atoms. The Morgan fingerprint density at radius 3 is 2.89 bits per heavy atom. The molecule has 5 nitrogen and oxygen atoms in total. The van der Waals surface area contributed by atoms with Gasteiger partial charge in [-0.2, -0.15) is 0 Å². The van der Waals surface area contributed by atoms with E-state index in [-0.39, 0.29) is 5.97 Å². The first-order valence-electron chi connectivity index (χ1n) is 6.71. The van der Waals surface area contributed by atoms with Gasteiger partial charge in [0, 0.05) is 26.2 Å². The summed E-state index contributed by atoms with van der Waals surface area (Å²) in [6, 6.07) is 1.91. The van der Waals surface area contributed by atoms with Gasteiger partial charge in [-0.25, -0.2) is 0 Å². The molecule has 0 unspecified atom stereocenters. The lowest BCUT2D eigenvalue weighted by Gasteiger charge is -2.20. The van der Waals surface area contributed by atoms with E-state index in [9.17, 15) is 4.79 Å². The second kappa shape index (κ2) is 8.34. The molecule has 5 heteroatoms. The van der Waals surface area contributed by atoms with E-state index in [0.29, 0.717) is 18.7 Å². The molecule has 1 rings (SSSR count). The lowest BCUT2D eigenvalue weighted by Crippen LogP contribution is -2.19. The van der Waals surface area contributed by atoms with Crippen molar-refractivity contribution in [2.75, 3.05) is 30.8 Å². The number of esters is 1. The first kappa shape index (κ1) is 15.3. The van der Waals surface area contributed by atoms with Gasteiger partial charge < -0.3 is 15.4 Å². The van der Waals surface area contributed by atoms with Gasteiger partial charge in [-0.05, 0) is 25.8 Å². The largest absolute Gasteiger partial charge is 0.466 e. The highest BCUT2D eigenvalue weighted by Crippen LogP contribution is 2.20. The summed E-state index contributed by atoms with van der Waals surface area (Å²) >= 11 is 0. The Balaban J connectivity index is 2.19.